The molecule has 0 aliphatic carbocycles. The van der Waals surface area contributed by atoms with Crippen LogP contribution in [0.5, 0.6) is 5.75 Å². The topological polar surface area (TPSA) is 133 Å². The Labute approximate surface area is 353 Å². The van der Waals surface area contributed by atoms with E-state index < -0.39 is 34.2 Å². The standard InChI is InChI=1S/C47H71N3O9/c1-44(2,3)56-40(51)38(35-19-22-49(30-35)42(53)58-46(7,8)9)27-32-15-13-17-34(25-32)29-48-21-24-55-37-18-14-16-33(26-37)28-39(41(52)57-45(4,5)6)36-20-23-50(31-36)43(54)59-47(10,11)12/h13-18,25-26,35-36,38-39,48H,19-24,27-31H2,1-12H3/t35-,36-,38+,39+/m1/s1. The molecular weight excluding hydrogens is 751 g/mol. The summed E-state index contributed by atoms with van der Waals surface area (Å²) < 4.78 is 29.1. The highest BCUT2D eigenvalue weighted by molar-refractivity contribution is 5.75. The quantitative estimate of drug-likeness (QED) is 0.113. The van der Waals surface area contributed by atoms with Gasteiger partial charge in [-0.2, -0.15) is 0 Å². The average Bonchev–Trinajstić information content (AvgIpc) is 3.78. The van der Waals surface area contributed by atoms with Gasteiger partial charge < -0.3 is 38.8 Å². The van der Waals surface area contributed by atoms with Gasteiger partial charge in [0, 0.05) is 39.3 Å². The van der Waals surface area contributed by atoms with Gasteiger partial charge in [0.15, 0.2) is 0 Å². The number of carbonyl (C=O) groups excluding carboxylic acids is 4. The number of amides is 2. The molecule has 4 rings (SSSR count). The Morgan fingerprint density at radius 2 is 1.03 bits per heavy atom. The SMILES string of the molecule is CC(C)(C)OC(=O)[C@@H](Cc1cccc(CNCCOc2cccc(C[C@H](C(=O)OC(C)(C)C)[C@@H]3CCN(C(=O)OC(C)(C)C)C3)c2)c1)[C@@H]1CCN(C(=O)OC(C)(C)C)C1. The first-order chi connectivity index (χ1) is 27.3. The predicted molar refractivity (Wildman–Crippen MR) is 228 cm³/mol. The molecule has 0 bridgehead atoms. The molecule has 0 saturated carbocycles. The smallest absolute Gasteiger partial charge is 0.410 e. The number of likely N-dealkylation sites (tertiary alicyclic amines) is 2. The second-order valence-corrected chi connectivity index (χ2v) is 20.1. The molecule has 2 fully saturated rings. The van der Waals surface area contributed by atoms with Crippen LogP contribution in [0, 0.1) is 23.7 Å². The first-order valence-corrected chi connectivity index (χ1v) is 21.3. The van der Waals surface area contributed by atoms with Crippen LogP contribution in [-0.4, -0.2) is 95.7 Å². The number of hydrogen-bond acceptors (Lipinski definition) is 10. The van der Waals surface area contributed by atoms with E-state index in [1.807, 2.05) is 119 Å². The highest BCUT2D eigenvalue weighted by Crippen LogP contribution is 2.33. The van der Waals surface area contributed by atoms with Crippen molar-refractivity contribution < 1.29 is 42.9 Å². The number of nitrogens with zero attached hydrogens (tertiary/aromatic N) is 2. The highest BCUT2D eigenvalue weighted by atomic mass is 16.6. The zero-order valence-electron chi connectivity index (χ0n) is 37.8. The van der Waals surface area contributed by atoms with Gasteiger partial charge in [-0.15, -0.1) is 0 Å². The zero-order chi connectivity index (χ0) is 43.8. The molecule has 0 spiro atoms. The number of rotatable bonds is 14. The van der Waals surface area contributed by atoms with E-state index in [0.717, 1.165) is 16.7 Å². The predicted octanol–water partition coefficient (Wildman–Crippen LogP) is 8.37. The van der Waals surface area contributed by atoms with Crippen molar-refractivity contribution in [2.75, 3.05) is 39.3 Å². The van der Waals surface area contributed by atoms with E-state index in [-0.39, 0.29) is 36.0 Å². The zero-order valence-corrected chi connectivity index (χ0v) is 37.8. The maximum atomic E-state index is 13.6. The molecular formula is C47H71N3O9. The minimum Gasteiger partial charge on any atom is -0.492 e. The third kappa shape index (κ3) is 16.3. The molecule has 59 heavy (non-hydrogen) atoms. The van der Waals surface area contributed by atoms with Gasteiger partial charge in [-0.3, -0.25) is 9.59 Å². The van der Waals surface area contributed by atoms with E-state index in [1.54, 1.807) is 9.80 Å². The second kappa shape index (κ2) is 19.8. The number of carbonyl (C=O) groups is 4. The third-order valence-electron chi connectivity index (χ3n) is 9.99. The summed E-state index contributed by atoms with van der Waals surface area (Å²) in [5.41, 5.74) is 0.622. The molecule has 4 atom stereocenters. The van der Waals surface area contributed by atoms with Crippen LogP contribution in [0.15, 0.2) is 48.5 Å². The summed E-state index contributed by atoms with van der Waals surface area (Å²) in [6.45, 7) is 25.9. The molecule has 2 aromatic carbocycles. The molecule has 0 unspecified atom stereocenters. The third-order valence-corrected chi connectivity index (χ3v) is 9.99. The fraction of sp³-hybridized carbons (Fsp3) is 0.660. The number of ether oxygens (including phenoxy) is 5. The molecule has 0 radical (unpaired) electrons. The van der Waals surface area contributed by atoms with Crippen molar-refractivity contribution >= 4 is 24.1 Å². The van der Waals surface area contributed by atoms with Crippen molar-refractivity contribution in [2.45, 2.75) is 138 Å². The Morgan fingerprint density at radius 3 is 1.49 bits per heavy atom. The maximum Gasteiger partial charge on any atom is 0.410 e. The largest absolute Gasteiger partial charge is 0.492 e. The second-order valence-electron chi connectivity index (χ2n) is 20.1. The van der Waals surface area contributed by atoms with Crippen molar-refractivity contribution in [2.24, 2.45) is 23.7 Å². The van der Waals surface area contributed by atoms with Gasteiger partial charge >= 0.3 is 24.1 Å². The van der Waals surface area contributed by atoms with E-state index in [2.05, 4.69) is 17.4 Å². The van der Waals surface area contributed by atoms with Gasteiger partial charge in [0.2, 0.25) is 0 Å². The van der Waals surface area contributed by atoms with Gasteiger partial charge in [0.1, 0.15) is 34.8 Å². The molecule has 2 heterocycles. The van der Waals surface area contributed by atoms with E-state index in [1.165, 1.54) is 0 Å². The van der Waals surface area contributed by atoms with Crippen molar-refractivity contribution in [3.8, 4) is 5.75 Å². The van der Waals surface area contributed by atoms with Crippen LogP contribution in [-0.2, 0) is 47.9 Å². The molecule has 2 aliphatic rings. The van der Waals surface area contributed by atoms with Gasteiger partial charge in [0.25, 0.3) is 0 Å². The van der Waals surface area contributed by atoms with Crippen molar-refractivity contribution in [1.29, 1.82) is 0 Å². The van der Waals surface area contributed by atoms with Crippen LogP contribution >= 0.6 is 0 Å². The van der Waals surface area contributed by atoms with Crippen LogP contribution in [0.25, 0.3) is 0 Å². The molecule has 328 valence electrons. The average molecular weight is 822 g/mol. The molecule has 1 N–H and O–H groups in total. The lowest BCUT2D eigenvalue weighted by molar-refractivity contribution is -0.163. The summed E-state index contributed by atoms with van der Waals surface area (Å²) in [6.07, 6.45) is 1.64. The first kappa shape index (κ1) is 47.4. The van der Waals surface area contributed by atoms with E-state index in [9.17, 15) is 19.2 Å². The fourth-order valence-electron chi connectivity index (χ4n) is 7.47. The van der Waals surface area contributed by atoms with Gasteiger partial charge in [-0.05, 0) is 149 Å². The molecule has 2 amide bonds. The van der Waals surface area contributed by atoms with Crippen LogP contribution in [0.1, 0.15) is 113 Å². The summed E-state index contributed by atoms with van der Waals surface area (Å²) in [7, 11) is 0. The molecule has 0 aromatic heterocycles. The first-order valence-electron chi connectivity index (χ1n) is 21.3. The van der Waals surface area contributed by atoms with Crippen molar-refractivity contribution in [1.82, 2.24) is 15.1 Å². The Balaban J connectivity index is 1.32. The van der Waals surface area contributed by atoms with Gasteiger partial charge in [-0.1, -0.05) is 36.4 Å². The lowest BCUT2D eigenvalue weighted by Gasteiger charge is -2.28. The lowest BCUT2D eigenvalue weighted by atomic mass is 9.85. The van der Waals surface area contributed by atoms with Gasteiger partial charge in [-0.25, -0.2) is 9.59 Å². The fourth-order valence-corrected chi connectivity index (χ4v) is 7.47. The maximum absolute atomic E-state index is 13.6. The molecule has 2 aliphatic heterocycles. The number of benzene rings is 2. The Bertz CT molecular complexity index is 1610. The van der Waals surface area contributed by atoms with E-state index >= 15 is 0 Å². The van der Waals surface area contributed by atoms with Crippen LogP contribution < -0.4 is 10.1 Å². The monoisotopic (exact) mass is 822 g/mol. The normalized spacial score (nSPS) is 18.6. The van der Waals surface area contributed by atoms with Crippen LogP contribution in [0.3, 0.4) is 0 Å². The molecule has 12 heteroatoms. The summed E-state index contributed by atoms with van der Waals surface area (Å²) in [4.78, 5) is 56.1. The van der Waals surface area contributed by atoms with Crippen LogP contribution in [0.2, 0.25) is 0 Å². The Kier molecular flexibility index (Phi) is 15.9. The molecule has 12 nitrogen and oxygen atoms in total. The highest BCUT2D eigenvalue weighted by Gasteiger charge is 2.40. The van der Waals surface area contributed by atoms with Crippen molar-refractivity contribution in [3.63, 3.8) is 0 Å². The molecule has 2 aromatic rings. The lowest BCUT2D eigenvalue weighted by Crippen LogP contribution is -2.38. The Hall–Kier alpha value is -4.32. The number of esters is 2. The van der Waals surface area contributed by atoms with Crippen LogP contribution in [0.4, 0.5) is 9.59 Å². The van der Waals surface area contributed by atoms with Gasteiger partial charge in [0.05, 0.1) is 11.8 Å². The van der Waals surface area contributed by atoms with E-state index in [4.69, 9.17) is 23.7 Å². The Morgan fingerprint density at radius 1 is 0.610 bits per heavy atom. The van der Waals surface area contributed by atoms with E-state index in [0.29, 0.717) is 77.3 Å². The summed E-state index contributed by atoms with van der Waals surface area (Å²) in [6, 6.07) is 16.0. The number of hydrogen-bond donors (Lipinski definition) is 1. The minimum absolute atomic E-state index is 0.0461. The van der Waals surface area contributed by atoms with Crippen molar-refractivity contribution in [3.05, 3.63) is 65.2 Å². The summed E-state index contributed by atoms with van der Waals surface area (Å²) in [5.74, 6) is -0.752. The number of nitrogens with one attached hydrogen (secondary N) is 1. The minimum atomic E-state index is -0.636. The molecule has 2 saturated heterocycles. The summed E-state index contributed by atoms with van der Waals surface area (Å²) in [5, 5.41) is 3.47. The summed E-state index contributed by atoms with van der Waals surface area (Å²) >= 11 is 0.